The van der Waals surface area contributed by atoms with Gasteiger partial charge in [0.05, 0.1) is 8.88 Å². The summed E-state index contributed by atoms with van der Waals surface area (Å²) in [4.78, 5) is 0. The summed E-state index contributed by atoms with van der Waals surface area (Å²) in [5, 5.41) is 0. The van der Waals surface area contributed by atoms with Gasteiger partial charge in [-0.15, -0.1) is 22.8 Å². The highest BCUT2D eigenvalue weighted by molar-refractivity contribution is 9.30. The molecule has 0 amide bonds. The first-order valence-corrected chi connectivity index (χ1v) is 14.2. The Morgan fingerprint density at radius 1 is 1.20 bits per heavy atom. The molecule has 1 fully saturated rings. The van der Waals surface area contributed by atoms with Crippen LogP contribution in [0.4, 0.5) is 0 Å². The van der Waals surface area contributed by atoms with E-state index >= 15 is 0 Å². The van der Waals surface area contributed by atoms with Crippen molar-refractivity contribution < 1.29 is 0 Å². The van der Waals surface area contributed by atoms with Crippen molar-refractivity contribution in [3.63, 3.8) is 0 Å². The van der Waals surface area contributed by atoms with Crippen molar-refractivity contribution in [3.8, 4) is 0 Å². The lowest BCUT2D eigenvalue weighted by Gasteiger charge is -2.38. The zero-order valence-corrected chi connectivity index (χ0v) is 11.5. The van der Waals surface area contributed by atoms with Crippen LogP contribution < -0.4 is 0 Å². The molecule has 2 atom stereocenters. The van der Waals surface area contributed by atoms with Gasteiger partial charge in [-0.05, 0) is 12.5 Å². The topological polar surface area (TPSA) is 0 Å². The van der Waals surface area contributed by atoms with E-state index in [4.69, 9.17) is 23.6 Å². The molecule has 0 aromatic rings. The Balaban J connectivity index is 2.59. The standard InChI is InChI=1S/C3H8P2S5/c1-8-4(6)3-5(7,9-2)10-4/h3H2,1-2H3. The van der Waals surface area contributed by atoms with Crippen molar-refractivity contribution in [3.05, 3.63) is 0 Å². The normalized spacial score (nSPS) is 46.6. The molecule has 0 radical (unpaired) electrons. The van der Waals surface area contributed by atoms with E-state index in [0.29, 0.717) is 0 Å². The van der Waals surface area contributed by atoms with Gasteiger partial charge in [0.1, 0.15) is 0 Å². The van der Waals surface area contributed by atoms with Crippen LogP contribution in [0.5, 0.6) is 0 Å². The SMILES string of the molecule is CSP1(=S)CP(=S)(SC)S1. The third kappa shape index (κ3) is 2.18. The Hall–Kier alpha value is 2.35. The molecule has 1 saturated heterocycles. The first kappa shape index (κ1) is 10.4. The molecule has 0 saturated carbocycles. The zero-order valence-electron chi connectivity index (χ0n) is 5.64. The van der Waals surface area contributed by atoms with Crippen LogP contribution >= 0.6 is 42.6 Å². The van der Waals surface area contributed by atoms with E-state index in [1.165, 1.54) is 5.90 Å². The van der Waals surface area contributed by atoms with E-state index in [1.54, 1.807) is 0 Å². The van der Waals surface area contributed by atoms with Crippen LogP contribution in [0.2, 0.25) is 0 Å². The lowest BCUT2D eigenvalue weighted by atomic mass is 11.9. The zero-order chi connectivity index (χ0) is 7.83. The molecule has 60 valence electrons. The largest absolute Gasteiger partial charge is 0.117 e. The second-order valence-electron chi connectivity index (χ2n) is 1.81. The molecule has 1 aliphatic heterocycles. The molecule has 0 N–H and O–H groups in total. The van der Waals surface area contributed by atoms with Crippen molar-refractivity contribution in [1.29, 1.82) is 0 Å². The number of hydrogen-bond acceptors (Lipinski definition) is 5. The molecule has 0 nitrogen and oxygen atoms in total. The first-order valence-electron chi connectivity index (χ1n) is 2.54. The Bertz CT molecular complexity index is 187. The fraction of sp³-hybridized carbons (Fsp3) is 1.00. The van der Waals surface area contributed by atoms with Gasteiger partial charge in [-0.2, -0.15) is 0 Å². The summed E-state index contributed by atoms with van der Waals surface area (Å²) in [7, 11) is 0. The average Bonchev–Trinajstić information content (AvgIpc) is 1.85. The molecule has 7 heteroatoms. The minimum absolute atomic E-state index is 1.02. The van der Waals surface area contributed by atoms with Gasteiger partial charge in [0, 0.05) is 5.90 Å². The van der Waals surface area contributed by atoms with Crippen LogP contribution in [0, 0.1) is 0 Å². The minimum atomic E-state index is -1.02. The Morgan fingerprint density at radius 2 is 1.50 bits per heavy atom. The second-order valence-corrected chi connectivity index (χ2v) is 25.8. The summed E-state index contributed by atoms with van der Waals surface area (Å²) in [6, 6.07) is 0. The predicted molar refractivity (Wildman–Crippen MR) is 68.1 cm³/mol. The van der Waals surface area contributed by atoms with E-state index < -0.39 is 8.88 Å². The summed E-state index contributed by atoms with van der Waals surface area (Å²) >= 11 is 16.6. The monoisotopic (exact) mass is 266 g/mol. The summed E-state index contributed by atoms with van der Waals surface area (Å²) < 4.78 is -2.04. The maximum atomic E-state index is 5.43. The lowest BCUT2D eigenvalue weighted by molar-refractivity contribution is 2.24. The maximum Gasteiger partial charge on any atom is 0.0689 e. The molecule has 1 rings (SSSR count). The highest BCUT2D eigenvalue weighted by Gasteiger charge is 2.41. The lowest BCUT2D eigenvalue weighted by Crippen LogP contribution is -1.89. The van der Waals surface area contributed by atoms with E-state index in [9.17, 15) is 0 Å². The smallest absolute Gasteiger partial charge is 0.0689 e. The van der Waals surface area contributed by atoms with E-state index in [-0.39, 0.29) is 0 Å². The molecule has 1 aliphatic rings. The van der Waals surface area contributed by atoms with Crippen LogP contribution in [0.1, 0.15) is 0 Å². The van der Waals surface area contributed by atoms with E-state index in [2.05, 4.69) is 12.5 Å². The Labute approximate surface area is 84.1 Å². The van der Waals surface area contributed by atoms with Gasteiger partial charge < -0.3 is 0 Å². The molecule has 10 heavy (non-hydrogen) atoms. The summed E-state index contributed by atoms with van der Waals surface area (Å²) in [5.74, 6) is 1.19. The summed E-state index contributed by atoms with van der Waals surface area (Å²) in [6.07, 6.45) is 4.24. The van der Waals surface area contributed by atoms with Gasteiger partial charge in [0.25, 0.3) is 0 Å². The van der Waals surface area contributed by atoms with Gasteiger partial charge >= 0.3 is 0 Å². The second kappa shape index (κ2) is 3.61. The van der Waals surface area contributed by atoms with Crippen molar-refractivity contribution in [2.24, 2.45) is 0 Å². The van der Waals surface area contributed by atoms with Crippen molar-refractivity contribution in [2.75, 3.05) is 18.4 Å². The molecule has 0 aliphatic carbocycles. The number of hydrogen-bond donors (Lipinski definition) is 0. The molecular weight excluding hydrogens is 258 g/mol. The van der Waals surface area contributed by atoms with E-state index in [1.807, 2.05) is 33.8 Å². The van der Waals surface area contributed by atoms with Crippen LogP contribution in [0.3, 0.4) is 0 Å². The molecular formula is C3H8P2S5. The van der Waals surface area contributed by atoms with Crippen LogP contribution in [-0.2, 0) is 23.6 Å². The minimum Gasteiger partial charge on any atom is -0.117 e. The fourth-order valence-corrected chi connectivity index (χ4v) is 46.2. The summed E-state index contributed by atoms with van der Waals surface area (Å²) in [5.41, 5.74) is 0. The predicted octanol–water partition coefficient (Wildman–Crippen LogP) is 4.04. The van der Waals surface area contributed by atoms with E-state index in [0.717, 1.165) is 0 Å². The third-order valence-electron chi connectivity index (χ3n) is 1.15. The fourth-order valence-electron chi connectivity index (χ4n) is 0.577. The van der Waals surface area contributed by atoms with Crippen LogP contribution in [0.25, 0.3) is 0 Å². The first-order chi connectivity index (χ1) is 4.54. The van der Waals surface area contributed by atoms with Crippen LogP contribution in [-0.4, -0.2) is 18.4 Å². The average molecular weight is 266 g/mol. The van der Waals surface area contributed by atoms with Crippen molar-refractivity contribution in [2.45, 2.75) is 0 Å². The van der Waals surface area contributed by atoms with Gasteiger partial charge in [-0.1, -0.05) is 34.6 Å². The van der Waals surface area contributed by atoms with Gasteiger partial charge in [-0.3, -0.25) is 0 Å². The third-order valence-corrected chi connectivity index (χ3v) is 33.6. The quantitative estimate of drug-likeness (QED) is 0.690. The van der Waals surface area contributed by atoms with Gasteiger partial charge in [0.2, 0.25) is 0 Å². The Kier molecular flexibility index (Phi) is 3.77. The number of rotatable bonds is 2. The van der Waals surface area contributed by atoms with Crippen molar-refractivity contribution in [1.82, 2.24) is 0 Å². The highest BCUT2D eigenvalue weighted by Crippen LogP contribution is 3.00. The highest BCUT2D eigenvalue weighted by atomic mass is 33.5. The van der Waals surface area contributed by atoms with Gasteiger partial charge in [-0.25, -0.2) is 0 Å². The molecule has 0 spiro atoms. The van der Waals surface area contributed by atoms with Gasteiger partial charge in [0.15, 0.2) is 0 Å². The maximum absolute atomic E-state index is 5.43. The Morgan fingerprint density at radius 3 is 1.70 bits per heavy atom. The molecule has 0 aromatic heterocycles. The molecule has 0 aromatic carbocycles. The summed E-state index contributed by atoms with van der Waals surface area (Å²) in [6.45, 7) is 0. The van der Waals surface area contributed by atoms with Crippen LogP contribution in [0.15, 0.2) is 0 Å². The molecule has 0 bridgehead atoms. The van der Waals surface area contributed by atoms with Crippen molar-refractivity contribution >= 4 is 66.3 Å². The molecule has 2 unspecified atom stereocenters. The molecule has 1 heterocycles.